The molecular weight excluding hydrogens is 230 g/mol. The maximum Gasteiger partial charge on any atom is 0.134 e. The molecule has 2 N–H and O–H groups in total. The number of fused-ring (bicyclic) bond motifs is 1. The number of ether oxygens (including phenoxy) is 1. The first-order chi connectivity index (χ1) is 8.72. The zero-order valence-electron chi connectivity index (χ0n) is 10.8. The highest BCUT2D eigenvalue weighted by Crippen LogP contribution is 2.24. The van der Waals surface area contributed by atoms with E-state index in [1.165, 1.54) is 0 Å². The van der Waals surface area contributed by atoms with Crippen molar-refractivity contribution < 1.29 is 14.3 Å². The van der Waals surface area contributed by atoms with E-state index < -0.39 is 6.10 Å². The summed E-state index contributed by atoms with van der Waals surface area (Å²) in [6.07, 6.45) is -0.478. The lowest BCUT2D eigenvalue weighted by Crippen LogP contribution is -2.29. The summed E-state index contributed by atoms with van der Waals surface area (Å²) in [5, 5.41) is 13.9. The van der Waals surface area contributed by atoms with E-state index in [2.05, 4.69) is 11.4 Å². The molecule has 4 heteroatoms. The SMILES string of the molecule is COCC(O)CNCc1c(C)oc2ccccc12. The smallest absolute Gasteiger partial charge is 0.134 e. The fraction of sp³-hybridized carbons (Fsp3) is 0.429. The van der Waals surface area contributed by atoms with Crippen LogP contribution in [0.25, 0.3) is 11.0 Å². The van der Waals surface area contributed by atoms with Crippen LogP contribution in [0.15, 0.2) is 28.7 Å². The number of furan rings is 1. The molecule has 0 spiro atoms. The second-order valence-corrected chi connectivity index (χ2v) is 4.37. The van der Waals surface area contributed by atoms with Crippen molar-refractivity contribution in [3.05, 3.63) is 35.6 Å². The van der Waals surface area contributed by atoms with Crippen molar-refractivity contribution >= 4 is 11.0 Å². The molecule has 0 bridgehead atoms. The van der Waals surface area contributed by atoms with E-state index in [1.54, 1.807) is 7.11 Å². The van der Waals surface area contributed by atoms with Crippen LogP contribution < -0.4 is 5.32 Å². The van der Waals surface area contributed by atoms with E-state index in [9.17, 15) is 5.11 Å². The van der Waals surface area contributed by atoms with Gasteiger partial charge in [0.25, 0.3) is 0 Å². The van der Waals surface area contributed by atoms with Crippen molar-refractivity contribution in [3.63, 3.8) is 0 Å². The number of para-hydroxylation sites is 1. The van der Waals surface area contributed by atoms with Crippen molar-refractivity contribution in [1.29, 1.82) is 0 Å². The third-order valence-corrected chi connectivity index (χ3v) is 2.94. The Morgan fingerprint density at radius 2 is 2.17 bits per heavy atom. The van der Waals surface area contributed by atoms with Gasteiger partial charge in [-0.05, 0) is 13.0 Å². The molecule has 2 rings (SSSR count). The highest BCUT2D eigenvalue weighted by molar-refractivity contribution is 5.82. The number of methoxy groups -OCH3 is 1. The third kappa shape index (κ3) is 2.90. The van der Waals surface area contributed by atoms with Crippen LogP contribution in [0.4, 0.5) is 0 Å². The van der Waals surface area contributed by atoms with Crippen molar-refractivity contribution in [2.75, 3.05) is 20.3 Å². The van der Waals surface area contributed by atoms with Gasteiger partial charge in [-0.1, -0.05) is 18.2 Å². The molecule has 1 aromatic carbocycles. The second-order valence-electron chi connectivity index (χ2n) is 4.37. The fourth-order valence-corrected chi connectivity index (χ4v) is 2.06. The summed E-state index contributed by atoms with van der Waals surface area (Å²) in [6, 6.07) is 7.98. The highest BCUT2D eigenvalue weighted by atomic mass is 16.5. The Labute approximate surface area is 107 Å². The maximum absolute atomic E-state index is 9.55. The molecule has 1 heterocycles. The molecule has 0 radical (unpaired) electrons. The van der Waals surface area contributed by atoms with Gasteiger partial charge in [0, 0.05) is 31.1 Å². The molecule has 0 saturated carbocycles. The number of hydrogen-bond acceptors (Lipinski definition) is 4. The second kappa shape index (κ2) is 6.00. The van der Waals surface area contributed by atoms with Gasteiger partial charge in [-0.25, -0.2) is 0 Å². The van der Waals surface area contributed by atoms with Crippen LogP contribution in [0.1, 0.15) is 11.3 Å². The summed E-state index contributed by atoms with van der Waals surface area (Å²) in [7, 11) is 1.58. The van der Waals surface area contributed by atoms with Gasteiger partial charge in [-0.2, -0.15) is 0 Å². The molecule has 0 aliphatic heterocycles. The van der Waals surface area contributed by atoms with Gasteiger partial charge in [0.1, 0.15) is 11.3 Å². The minimum Gasteiger partial charge on any atom is -0.461 e. The topological polar surface area (TPSA) is 54.6 Å². The fourth-order valence-electron chi connectivity index (χ4n) is 2.06. The zero-order chi connectivity index (χ0) is 13.0. The number of rotatable bonds is 6. The predicted octanol–water partition coefficient (Wildman–Crippen LogP) is 1.84. The lowest BCUT2D eigenvalue weighted by atomic mass is 10.1. The van der Waals surface area contributed by atoms with Gasteiger partial charge in [-0.15, -0.1) is 0 Å². The van der Waals surface area contributed by atoms with Crippen LogP contribution in [0.2, 0.25) is 0 Å². The van der Waals surface area contributed by atoms with Crippen molar-refractivity contribution in [2.45, 2.75) is 19.6 Å². The average Bonchev–Trinajstić information content (AvgIpc) is 2.66. The summed E-state index contributed by atoms with van der Waals surface area (Å²) in [5.74, 6) is 0.921. The molecule has 0 aliphatic carbocycles. The summed E-state index contributed by atoms with van der Waals surface area (Å²) in [4.78, 5) is 0. The number of benzene rings is 1. The number of nitrogens with one attached hydrogen (secondary N) is 1. The summed E-state index contributed by atoms with van der Waals surface area (Å²) in [6.45, 7) is 3.50. The van der Waals surface area contributed by atoms with Crippen LogP contribution in [-0.2, 0) is 11.3 Å². The molecule has 0 aliphatic rings. The normalized spacial score (nSPS) is 13.1. The predicted molar refractivity (Wildman–Crippen MR) is 70.5 cm³/mol. The molecule has 1 atom stereocenters. The first-order valence-corrected chi connectivity index (χ1v) is 6.07. The van der Waals surface area contributed by atoms with Gasteiger partial charge in [0.15, 0.2) is 0 Å². The Kier molecular flexibility index (Phi) is 4.36. The molecule has 1 aromatic heterocycles. The van der Waals surface area contributed by atoms with Gasteiger partial charge in [-0.3, -0.25) is 0 Å². The monoisotopic (exact) mass is 249 g/mol. The quantitative estimate of drug-likeness (QED) is 0.820. The molecule has 2 aromatic rings. The maximum atomic E-state index is 9.55. The highest BCUT2D eigenvalue weighted by Gasteiger charge is 2.10. The van der Waals surface area contributed by atoms with E-state index in [1.807, 2.05) is 25.1 Å². The minimum absolute atomic E-state index is 0.345. The summed E-state index contributed by atoms with van der Waals surface area (Å²) in [5.41, 5.74) is 2.06. The van der Waals surface area contributed by atoms with Crippen molar-refractivity contribution in [3.8, 4) is 0 Å². The van der Waals surface area contributed by atoms with Gasteiger partial charge < -0.3 is 19.6 Å². The zero-order valence-corrected chi connectivity index (χ0v) is 10.8. The molecule has 4 nitrogen and oxygen atoms in total. The molecular formula is C14H19NO3. The standard InChI is InChI=1S/C14H19NO3/c1-10-13(8-15-7-11(16)9-17-2)12-5-3-4-6-14(12)18-10/h3-6,11,15-16H,7-9H2,1-2H3. The van der Waals surface area contributed by atoms with Crippen LogP contribution in [0.5, 0.6) is 0 Å². The van der Waals surface area contributed by atoms with Crippen LogP contribution >= 0.6 is 0 Å². The first-order valence-electron chi connectivity index (χ1n) is 6.07. The first kappa shape index (κ1) is 13.1. The van der Waals surface area contributed by atoms with E-state index in [4.69, 9.17) is 9.15 Å². The van der Waals surface area contributed by atoms with Crippen LogP contribution in [-0.4, -0.2) is 31.5 Å². The summed E-state index contributed by atoms with van der Waals surface area (Å²) >= 11 is 0. The van der Waals surface area contributed by atoms with Gasteiger partial charge in [0.2, 0.25) is 0 Å². The molecule has 18 heavy (non-hydrogen) atoms. The Morgan fingerprint density at radius 1 is 1.39 bits per heavy atom. The van der Waals surface area contributed by atoms with Gasteiger partial charge in [0.05, 0.1) is 12.7 Å². The molecule has 0 fully saturated rings. The van der Waals surface area contributed by atoms with Crippen LogP contribution in [0, 0.1) is 6.92 Å². The van der Waals surface area contributed by atoms with Crippen molar-refractivity contribution in [2.24, 2.45) is 0 Å². The number of aliphatic hydroxyl groups excluding tert-OH is 1. The number of aliphatic hydroxyl groups is 1. The number of aryl methyl sites for hydroxylation is 1. The summed E-state index contributed by atoms with van der Waals surface area (Å²) < 4.78 is 10.6. The average molecular weight is 249 g/mol. The minimum atomic E-state index is -0.478. The Balaban J connectivity index is 2.01. The third-order valence-electron chi connectivity index (χ3n) is 2.94. The number of hydrogen-bond donors (Lipinski definition) is 2. The van der Waals surface area contributed by atoms with E-state index in [-0.39, 0.29) is 0 Å². The van der Waals surface area contributed by atoms with Crippen molar-refractivity contribution in [1.82, 2.24) is 5.32 Å². The molecule has 98 valence electrons. The lowest BCUT2D eigenvalue weighted by Gasteiger charge is -2.10. The van der Waals surface area contributed by atoms with E-state index in [0.717, 1.165) is 22.3 Å². The Morgan fingerprint density at radius 3 is 2.94 bits per heavy atom. The van der Waals surface area contributed by atoms with Gasteiger partial charge >= 0.3 is 0 Å². The molecule has 0 saturated heterocycles. The lowest BCUT2D eigenvalue weighted by molar-refractivity contribution is 0.0644. The Bertz CT molecular complexity index is 507. The Hall–Kier alpha value is -1.36. The van der Waals surface area contributed by atoms with E-state index >= 15 is 0 Å². The molecule has 1 unspecified atom stereocenters. The molecule has 0 amide bonds. The largest absolute Gasteiger partial charge is 0.461 e. The van der Waals surface area contributed by atoms with Crippen LogP contribution in [0.3, 0.4) is 0 Å². The van der Waals surface area contributed by atoms with E-state index in [0.29, 0.717) is 19.7 Å².